The Labute approximate surface area is 137 Å². The molecule has 0 aliphatic heterocycles. The van der Waals surface area contributed by atoms with E-state index in [-0.39, 0.29) is 5.91 Å². The highest BCUT2D eigenvalue weighted by atomic mass is 16.2. The minimum absolute atomic E-state index is 0.0431. The fourth-order valence-electron chi connectivity index (χ4n) is 2.28. The zero-order valence-corrected chi connectivity index (χ0v) is 13.5. The average molecular weight is 309 g/mol. The number of hydrogen-bond acceptors (Lipinski definition) is 3. The maximum atomic E-state index is 11.9. The predicted molar refractivity (Wildman–Crippen MR) is 93.2 cm³/mol. The molecule has 1 amide bonds. The van der Waals surface area contributed by atoms with Crippen LogP contribution in [0.2, 0.25) is 0 Å². The summed E-state index contributed by atoms with van der Waals surface area (Å²) in [6.45, 7) is 2.16. The van der Waals surface area contributed by atoms with Crippen molar-refractivity contribution in [1.29, 1.82) is 0 Å². The van der Waals surface area contributed by atoms with Gasteiger partial charge < -0.3 is 0 Å². The van der Waals surface area contributed by atoms with Crippen molar-refractivity contribution in [3.8, 4) is 0 Å². The Morgan fingerprint density at radius 1 is 1.04 bits per heavy atom. The van der Waals surface area contributed by atoms with Gasteiger partial charge in [-0.3, -0.25) is 9.78 Å². The van der Waals surface area contributed by atoms with Crippen molar-refractivity contribution in [3.05, 3.63) is 66.0 Å². The molecule has 0 saturated heterocycles. The lowest BCUT2D eigenvalue weighted by Gasteiger charge is -2.07. The Bertz CT molecular complexity index is 582. The molecular formula is C19H23N3O. The van der Waals surface area contributed by atoms with E-state index in [0.29, 0.717) is 6.42 Å². The second-order valence-electron chi connectivity index (χ2n) is 5.41. The van der Waals surface area contributed by atoms with Gasteiger partial charge in [-0.1, -0.05) is 56.5 Å². The molecule has 0 atom stereocenters. The highest BCUT2D eigenvalue weighted by Crippen LogP contribution is 2.09. The van der Waals surface area contributed by atoms with Crippen LogP contribution in [0.3, 0.4) is 0 Å². The molecule has 0 unspecified atom stereocenters. The SMILES string of the molecule is CCCCCCC(=O)NN=C(c1ccccc1)c1cccnc1. The molecule has 0 spiro atoms. The van der Waals surface area contributed by atoms with Crippen molar-refractivity contribution in [2.75, 3.05) is 0 Å². The van der Waals surface area contributed by atoms with E-state index in [1.807, 2.05) is 42.5 Å². The third-order valence-corrected chi connectivity index (χ3v) is 3.53. The van der Waals surface area contributed by atoms with Crippen molar-refractivity contribution in [3.63, 3.8) is 0 Å². The maximum absolute atomic E-state index is 11.9. The largest absolute Gasteiger partial charge is 0.273 e. The first-order chi connectivity index (χ1) is 11.3. The third-order valence-electron chi connectivity index (χ3n) is 3.53. The number of nitrogens with one attached hydrogen (secondary N) is 1. The van der Waals surface area contributed by atoms with E-state index in [1.54, 1.807) is 12.4 Å². The molecule has 0 saturated carbocycles. The zero-order chi connectivity index (χ0) is 16.3. The standard InChI is InChI=1S/C19H23N3O/c1-2-3-4-8-13-18(23)21-22-19(16-10-6-5-7-11-16)17-12-9-14-20-15-17/h5-7,9-12,14-15H,2-4,8,13H2,1H3,(H,21,23). The molecule has 23 heavy (non-hydrogen) atoms. The number of unbranched alkanes of at least 4 members (excludes halogenated alkanes) is 3. The van der Waals surface area contributed by atoms with Crippen LogP contribution in [0.25, 0.3) is 0 Å². The van der Waals surface area contributed by atoms with E-state index in [4.69, 9.17) is 0 Å². The first-order valence-corrected chi connectivity index (χ1v) is 8.13. The summed E-state index contributed by atoms with van der Waals surface area (Å²) in [6, 6.07) is 13.6. The molecule has 1 aromatic heterocycles. The second-order valence-corrected chi connectivity index (χ2v) is 5.41. The number of rotatable bonds is 8. The van der Waals surface area contributed by atoms with Gasteiger partial charge in [-0.25, -0.2) is 5.43 Å². The summed E-state index contributed by atoms with van der Waals surface area (Å²) in [5.41, 5.74) is 5.23. The van der Waals surface area contributed by atoms with Crippen molar-refractivity contribution in [2.24, 2.45) is 5.10 Å². The normalized spacial score (nSPS) is 11.3. The van der Waals surface area contributed by atoms with Gasteiger partial charge in [0.25, 0.3) is 0 Å². The summed E-state index contributed by atoms with van der Waals surface area (Å²) in [5, 5.41) is 4.34. The van der Waals surface area contributed by atoms with Gasteiger partial charge in [0.05, 0.1) is 5.71 Å². The van der Waals surface area contributed by atoms with Crippen LogP contribution in [0.5, 0.6) is 0 Å². The highest BCUT2D eigenvalue weighted by Gasteiger charge is 2.08. The molecule has 0 aliphatic carbocycles. The van der Waals surface area contributed by atoms with E-state index < -0.39 is 0 Å². The van der Waals surface area contributed by atoms with Crippen LogP contribution in [0.15, 0.2) is 60.0 Å². The van der Waals surface area contributed by atoms with Crippen molar-refractivity contribution >= 4 is 11.6 Å². The summed E-state index contributed by atoms with van der Waals surface area (Å²) >= 11 is 0. The number of pyridine rings is 1. The lowest BCUT2D eigenvalue weighted by Crippen LogP contribution is -2.20. The molecule has 0 aliphatic rings. The fourth-order valence-corrected chi connectivity index (χ4v) is 2.28. The summed E-state index contributed by atoms with van der Waals surface area (Å²) < 4.78 is 0. The van der Waals surface area contributed by atoms with Crippen LogP contribution < -0.4 is 5.43 Å². The quantitative estimate of drug-likeness (QED) is 0.456. The Morgan fingerprint density at radius 3 is 2.52 bits per heavy atom. The van der Waals surface area contributed by atoms with E-state index >= 15 is 0 Å². The number of benzene rings is 1. The smallest absolute Gasteiger partial charge is 0.240 e. The molecule has 1 N–H and O–H groups in total. The van der Waals surface area contributed by atoms with Crippen molar-refractivity contribution < 1.29 is 4.79 Å². The van der Waals surface area contributed by atoms with E-state index in [9.17, 15) is 4.79 Å². The number of carbonyl (C=O) groups excluding carboxylic acids is 1. The minimum Gasteiger partial charge on any atom is -0.273 e. The monoisotopic (exact) mass is 309 g/mol. The fraction of sp³-hybridized carbons (Fsp3) is 0.316. The lowest BCUT2D eigenvalue weighted by atomic mass is 10.0. The third kappa shape index (κ3) is 5.66. The molecule has 4 nitrogen and oxygen atoms in total. The average Bonchev–Trinajstić information content (AvgIpc) is 2.61. The lowest BCUT2D eigenvalue weighted by molar-refractivity contribution is -0.121. The van der Waals surface area contributed by atoms with Gasteiger partial charge in [-0.2, -0.15) is 5.10 Å². The van der Waals surface area contributed by atoms with Crippen LogP contribution >= 0.6 is 0 Å². The van der Waals surface area contributed by atoms with Gasteiger partial charge in [-0.05, 0) is 18.6 Å². The Balaban J connectivity index is 2.07. The number of carbonyl (C=O) groups is 1. The van der Waals surface area contributed by atoms with Crippen LogP contribution in [0.4, 0.5) is 0 Å². The van der Waals surface area contributed by atoms with Crippen LogP contribution in [0.1, 0.15) is 50.2 Å². The molecule has 0 radical (unpaired) electrons. The highest BCUT2D eigenvalue weighted by molar-refractivity contribution is 6.12. The number of nitrogens with zero attached hydrogens (tertiary/aromatic N) is 2. The summed E-state index contributed by atoms with van der Waals surface area (Å²) in [4.78, 5) is 16.1. The first kappa shape index (κ1) is 16.9. The van der Waals surface area contributed by atoms with E-state index in [2.05, 4.69) is 22.4 Å². The Kier molecular flexibility index (Phi) is 6.98. The van der Waals surface area contributed by atoms with Crippen LogP contribution in [-0.4, -0.2) is 16.6 Å². The molecular weight excluding hydrogens is 286 g/mol. The molecule has 0 fully saturated rings. The number of hydrazone groups is 1. The van der Waals surface area contributed by atoms with Gasteiger partial charge in [0, 0.05) is 29.9 Å². The molecule has 120 valence electrons. The maximum Gasteiger partial charge on any atom is 0.240 e. The molecule has 1 heterocycles. The van der Waals surface area contributed by atoms with Crippen molar-refractivity contribution in [2.45, 2.75) is 39.0 Å². The van der Waals surface area contributed by atoms with Gasteiger partial charge in [0.2, 0.25) is 5.91 Å². The Morgan fingerprint density at radius 2 is 1.83 bits per heavy atom. The van der Waals surface area contributed by atoms with Gasteiger partial charge >= 0.3 is 0 Å². The molecule has 0 bridgehead atoms. The van der Waals surface area contributed by atoms with E-state index in [1.165, 1.54) is 12.8 Å². The van der Waals surface area contributed by atoms with Gasteiger partial charge in [0.1, 0.15) is 0 Å². The van der Waals surface area contributed by atoms with Crippen LogP contribution in [0, 0.1) is 0 Å². The first-order valence-electron chi connectivity index (χ1n) is 8.13. The number of amides is 1. The van der Waals surface area contributed by atoms with E-state index in [0.717, 1.165) is 29.7 Å². The zero-order valence-electron chi connectivity index (χ0n) is 13.5. The second kappa shape index (κ2) is 9.51. The van der Waals surface area contributed by atoms with Gasteiger partial charge in [-0.15, -0.1) is 0 Å². The van der Waals surface area contributed by atoms with Gasteiger partial charge in [0.15, 0.2) is 0 Å². The summed E-state index contributed by atoms with van der Waals surface area (Å²) in [6.07, 6.45) is 8.31. The molecule has 2 aromatic rings. The topological polar surface area (TPSA) is 54.4 Å². The predicted octanol–water partition coefficient (Wildman–Crippen LogP) is 3.92. The molecule has 2 rings (SSSR count). The summed E-state index contributed by atoms with van der Waals surface area (Å²) in [7, 11) is 0. The molecule has 4 heteroatoms. The molecule has 1 aromatic carbocycles. The minimum atomic E-state index is -0.0431. The number of aromatic nitrogens is 1. The number of hydrogen-bond donors (Lipinski definition) is 1. The Hall–Kier alpha value is -2.49. The van der Waals surface area contributed by atoms with Crippen molar-refractivity contribution in [1.82, 2.24) is 10.4 Å². The van der Waals surface area contributed by atoms with Crippen LogP contribution in [-0.2, 0) is 4.79 Å². The summed E-state index contributed by atoms with van der Waals surface area (Å²) in [5.74, 6) is -0.0431.